The number of aromatic nitrogens is 1. The summed E-state index contributed by atoms with van der Waals surface area (Å²) in [4.78, 5) is 27.1. The van der Waals surface area contributed by atoms with Crippen molar-refractivity contribution in [2.75, 3.05) is 6.54 Å². The molecule has 0 aliphatic carbocycles. The minimum Gasteiger partial charge on any atom is -0.465 e. The number of amides is 2. The molecule has 0 spiro atoms. The van der Waals surface area contributed by atoms with Crippen LogP contribution in [0.25, 0.3) is 0 Å². The first-order valence-corrected chi connectivity index (χ1v) is 5.52. The molecular weight excluding hydrogens is 276 g/mol. The lowest BCUT2D eigenvalue weighted by Gasteiger charge is -2.09. The summed E-state index contributed by atoms with van der Waals surface area (Å²) in [6.07, 6.45) is 0.661. The van der Waals surface area contributed by atoms with Crippen molar-refractivity contribution in [3.63, 3.8) is 0 Å². The average molecular weight is 285 g/mol. The molecule has 1 fully saturated rings. The van der Waals surface area contributed by atoms with Gasteiger partial charge < -0.3 is 5.11 Å². The first-order chi connectivity index (χ1) is 7.58. The van der Waals surface area contributed by atoms with Gasteiger partial charge in [0.15, 0.2) is 0 Å². The van der Waals surface area contributed by atoms with Gasteiger partial charge in [0, 0.05) is 35.2 Å². The Bertz CT molecular complexity index is 432. The summed E-state index contributed by atoms with van der Waals surface area (Å²) in [5.74, 6) is -0.487. The molecule has 1 aliphatic heterocycles. The van der Waals surface area contributed by atoms with E-state index in [1.54, 1.807) is 12.3 Å². The summed E-state index contributed by atoms with van der Waals surface area (Å²) >= 11 is 3.27. The maximum Gasteiger partial charge on any atom is 0.414 e. The van der Waals surface area contributed by atoms with Gasteiger partial charge in [0.25, 0.3) is 0 Å². The highest BCUT2D eigenvalue weighted by molar-refractivity contribution is 9.10. The van der Waals surface area contributed by atoms with E-state index in [0.717, 1.165) is 15.1 Å². The molecule has 6 heteroatoms. The van der Waals surface area contributed by atoms with E-state index in [1.165, 1.54) is 0 Å². The number of halogens is 1. The van der Waals surface area contributed by atoms with Gasteiger partial charge in [-0.15, -0.1) is 0 Å². The van der Waals surface area contributed by atoms with E-state index in [-0.39, 0.29) is 24.8 Å². The lowest BCUT2D eigenvalue weighted by atomic mass is 10.0. The largest absolute Gasteiger partial charge is 0.465 e. The van der Waals surface area contributed by atoms with Gasteiger partial charge >= 0.3 is 6.09 Å². The van der Waals surface area contributed by atoms with Crippen LogP contribution in [0.2, 0.25) is 0 Å². The first-order valence-electron chi connectivity index (χ1n) is 4.72. The minimum absolute atomic E-state index is 0.128. The number of likely N-dealkylation sites (tertiary alicyclic amines) is 1. The molecule has 1 aromatic rings. The standard InChI is InChI=1S/C10H9BrN2O3/c11-7-1-2-8(12-4-7)6-3-9(14)13(5-6)10(15)16/h1-2,4,6H,3,5H2,(H,15,16). The highest BCUT2D eigenvalue weighted by atomic mass is 79.9. The maximum absolute atomic E-state index is 11.4. The zero-order valence-electron chi connectivity index (χ0n) is 8.26. The molecule has 2 amide bonds. The zero-order valence-corrected chi connectivity index (χ0v) is 9.85. The Kier molecular flexibility index (Phi) is 2.91. The number of carbonyl (C=O) groups excluding carboxylic acids is 1. The van der Waals surface area contributed by atoms with E-state index in [2.05, 4.69) is 20.9 Å². The fourth-order valence-corrected chi connectivity index (χ4v) is 1.95. The Balaban J connectivity index is 2.16. The number of hydrogen-bond donors (Lipinski definition) is 1. The molecule has 2 rings (SSSR count). The predicted molar refractivity (Wildman–Crippen MR) is 59.0 cm³/mol. The van der Waals surface area contributed by atoms with Crippen molar-refractivity contribution in [3.05, 3.63) is 28.5 Å². The fraction of sp³-hybridized carbons (Fsp3) is 0.300. The van der Waals surface area contributed by atoms with Crippen LogP contribution in [0.3, 0.4) is 0 Å². The molecule has 0 aromatic carbocycles. The fourth-order valence-electron chi connectivity index (χ4n) is 1.72. The van der Waals surface area contributed by atoms with E-state index >= 15 is 0 Å². The van der Waals surface area contributed by atoms with E-state index in [1.807, 2.05) is 6.07 Å². The number of rotatable bonds is 1. The quantitative estimate of drug-likeness (QED) is 0.854. The molecule has 2 heterocycles. The van der Waals surface area contributed by atoms with E-state index in [4.69, 9.17) is 5.11 Å². The normalized spacial score (nSPS) is 20.2. The first kappa shape index (κ1) is 11.1. The third-order valence-electron chi connectivity index (χ3n) is 2.52. The van der Waals surface area contributed by atoms with Crippen LogP contribution in [0, 0.1) is 0 Å². The Morgan fingerprint density at radius 3 is 2.81 bits per heavy atom. The number of carboxylic acid groups (broad SMARTS) is 1. The number of pyridine rings is 1. The van der Waals surface area contributed by atoms with Gasteiger partial charge in [-0.05, 0) is 28.1 Å². The number of nitrogens with zero attached hydrogens (tertiary/aromatic N) is 2. The van der Waals surface area contributed by atoms with Gasteiger partial charge in [0.05, 0.1) is 0 Å². The summed E-state index contributed by atoms with van der Waals surface area (Å²) in [5.41, 5.74) is 0.750. The molecule has 1 aromatic heterocycles. The molecule has 1 saturated heterocycles. The highest BCUT2D eigenvalue weighted by Crippen LogP contribution is 2.27. The van der Waals surface area contributed by atoms with Crippen LogP contribution in [-0.4, -0.2) is 33.5 Å². The molecule has 16 heavy (non-hydrogen) atoms. The van der Waals surface area contributed by atoms with Gasteiger partial charge in [0.1, 0.15) is 0 Å². The SMILES string of the molecule is O=C(O)N1CC(c2ccc(Br)cn2)CC1=O. The Labute approximate surface area is 100 Å². The van der Waals surface area contributed by atoms with Gasteiger partial charge in [-0.1, -0.05) is 0 Å². The van der Waals surface area contributed by atoms with Crippen molar-refractivity contribution in [2.24, 2.45) is 0 Å². The van der Waals surface area contributed by atoms with E-state index in [9.17, 15) is 9.59 Å². The Morgan fingerprint density at radius 2 is 2.31 bits per heavy atom. The molecule has 0 radical (unpaired) electrons. The zero-order chi connectivity index (χ0) is 11.7. The van der Waals surface area contributed by atoms with Crippen molar-refractivity contribution in [1.29, 1.82) is 0 Å². The molecule has 1 unspecified atom stereocenters. The van der Waals surface area contributed by atoms with Crippen LogP contribution in [0.1, 0.15) is 18.0 Å². The van der Waals surface area contributed by atoms with Crippen LogP contribution in [0.4, 0.5) is 4.79 Å². The monoisotopic (exact) mass is 284 g/mol. The minimum atomic E-state index is -1.19. The van der Waals surface area contributed by atoms with Crippen LogP contribution >= 0.6 is 15.9 Å². The van der Waals surface area contributed by atoms with Crippen molar-refractivity contribution in [1.82, 2.24) is 9.88 Å². The molecule has 1 aliphatic rings. The van der Waals surface area contributed by atoms with Crippen LogP contribution < -0.4 is 0 Å². The number of carbonyl (C=O) groups is 2. The maximum atomic E-state index is 11.4. The molecule has 1 atom stereocenters. The molecule has 0 saturated carbocycles. The summed E-state index contributed by atoms with van der Waals surface area (Å²) in [6, 6.07) is 3.63. The van der Waals surface area contributed by atoms with Crippen LogP contribution in [0.15, 0.2) is 22.8 Å². The van der Waals surface area contributed by atoms with Gasteiger partial charge in [0.2, 0.25) is 5.91 Å². The smallest absolute Gasteiger partial charge is 0.414 e. The molecule has 84 valence electrons. The van der Waals surface area contributed by atoms with Gasteiger partial charge in [-0.2, -0.15) is 0 Å². The van der Waals surface area contributed by atoms with Gasteiger partial charge in [-0.3, -0.25) is 9.78 Å². The number of hydrogen-bond acceptors (Lipinski definition) is 3. The second-order valence-electron chi connectivity index (χ2n) is 3.59. The predicted octanol–water partition coefficient (Wildman–Crippen LogP) is 1.84. The van der Waals surface area contributed by atoms with Crippen LogP contribution in [-0.2, 0) is 4.79 Å². The van der Waals surface area contributed by atoms with Crippen LogP contribution in [0.5, 0.6) is 0 Å². The lowest BCUT2D eigenvalue weighted by molar-refractivity contribution is -0.125. The van der Waals surface area contributed by atoms with Gasteiger partial charge in [-0.25, -0.2) is 9.69 Å². The third kappa shape index (κ3) is 2.06. The lowest BCUT2D eigenvalue weighted by Crippen LogP contribution is -2.30. The summed E-state index contributed by atoms with van der Waals surface area (Å²) in [7, 11) is 0. The Hall–Kier alpha value is -1.43. The summed E-state index contributed by atoms with van der Waals surface area (Å²) in [6.45, 7) is 0.197. The van der Waals surface area contributed by atoms with Crippen molar-refractivity contribution in [2.45, 2.75) is 12.3 Å². The third-order valence-corrected chi connectivity index (χ3v) is 2.99. The molecular formula is C10H9BrN2O3. The molecule has 1 N–H and O–H groups in total. The van der Waals surface area contributed by atoms with Crippen molar-refractivity contribution >= 4 is 27.9 Å². The Morgan fingerprint density at radius 1 is 1.56 bits per heavy atom. The molecule has 0 bridgehead atoms. The van der Waals surface area contributed by atoms with E-state index < -0.39 is 6.09 Å². The second kappa shape index (κ2) is 4.21. The summed E-state index contributed by atoms with van der Waals surface area (Å²) < 4.78 is 0.857. The van der Waals surface area contributed by atoms with Crippen molar-refractivity contribution < 1.29 is 14.7 Å². The van der Waals surface area contributed by atoms with E-state index in [0.29, 0.717) is 0 Å². The number of imide groups is 1. The average Bonchev–Trinajstić information content (AvgIpc) is 2.61. The topological polar surface area (TPSA) is 70.5 Å². The second-order valence-corrected chi connectivity index (χ2v) is 4.50. The highest BCUT2D eigenvalue weighted by Gasteiger charge is 2.35. The summed E-state index contributed by atoms with van der Waals surface area (Å²) in [5, 5.41) is 8.77. The molecule has 5 nitrogen and oxygen atoms in total. The van der Waals surface area contributed by atoms with Crippen molar-refractivity contribution in [3.8, 4) is 0 Å².